The lowest BCUT2D eigenvalue weighted by atomic mass is 10.1. The Hall–Kier alpha value is -3.28. The normalized spacial score (nSPS) is 10.4. The standard InChI is InChI=1S/C20H18FN3O2/c1-13-19(24-18(25)12-15-8-4-3-5-9-15)14(2)23-20(22-13)26-17-11-7-6-10-16(17)21/h3-11H,12H2,1-2H3,(H,24,25). The molecular weight excluding hydrogens is 333 g/mol. The van der Waals surface area contributed by atoms with Crippen LogP contribution in [-0.2, 0) is 11.2 Å². The van der Waals surface area contributed by atoms with Crippen molar-refractivity contribution in [1.82, 2.24) is 9.97 Å². The first-order chi connectivity index (χ1) is 12.5. The van der Waals surface area contributed by atoms with Crippen molar-refractivity contribution >= 4 is 11.6 Å². The molecule has 5 nitrogen and oxygen atoms in total. The van der Waals surface area contributed by atoms with E-state index in [1.807, 2.05) is 30.3 Å². The van der Waals surface area contributed by atoms with Crippen LogP contribution >= 0.6 is 0 Å². The number of nitrogens with zero attached hydrogens (tertiary/aromatic N) is 2. The molecule has 0 radical (unpaired) electrons. The summed E-state index contributed by atoms with van der Waals surface area (Å²) in [6, 6.07) is 15.5. The Morgan fingerprint density at radius 1 is 1.00 bits per heavy atom. The molecule has 0 saturated carbocycles. The third-order valence-corrected chi connectivity index (χ3v) is 3.76. The molecule has 0 aliphatic rings. The van der Waals surface area contributed by atoms with Gasteiger partial charge in [-0.25, -0.2) is 4.39 Å². The molecule has 0 atom stereocenters. The summed E-state index contributed by atoms with van der Waals surface area (Å²) in [5.41, 5.74) is 2.54. The molecular formula is C20H18FN3O2. The molecule has 1 aromatic heterocycles. The summed E-state index contributed by atoms with van der Waals surface area (Å²) >= 11 is 0. The second-order valence-corrected chi connectivity index (χ2v) is 5.80. The molecule has 1 heterocycles. The molecule has 3 aromatic rings. The van der Waals surface area contributed by atoms with Gasteiger partial charge in [-0.05, 0) is 31.5 Å². The van der Waals surface area contributed by atoms with E-state index in [2.05, 4.69) is 15.3 Å². The van der Waals surface area contributed by atoms with E-state index in [-0.39, 0.29) is 24.1 Å². The Morgan fingerprint density at radius 3 is 2.27 bits per heavy atom. The van der Waals surface area contributed by atoms with Gasteiger partial charge in [-0.1, -0.05) is 42.5 Å². The van der Waals surface area contributed by atoms with E-state index in [9.17, 15) is 9.18 Å². The Morgan fingerprint density at radius 2 is 1.62 bits per heavy atom. The molecule has 0 aliphatic heterocycles. The highest BCUT2D eigenvalue weighted by Crippen LogP contribution is 2.25. The molecule has 2 aromatic carbocycles. The van der Waals surface area contributed by atoms with Gasteiger partial charge in [0.25, 0.3) is 0 Å². The smallest absolute Gasteiger partial charge is 0.322 e. The largest absolute Gasteiger partial charge is 0.421 e. The summed E-state index contributed by atoms with van der Waals surface area (Å²) in [5, 5.41) is 2.84. The van der Waals surface area contributed by atoms with Gasteiger partial charge in [-0.3, -0.25) is 4.79 Å². The van der Waals surface area contributed by atoms with Crippen LogP contribution < -0.4 is 10.1 Å². The Labute approximate surface area is 150 Å². The van der Waals surface area contributed by atoms with E-state index in [1.54, 1.807) is 26.0 Å². The zero-order chi connectivity index (χ0) is 18.5. The number of halogens is 1. The van der Waals surface area contributed by atoms with Crippen LogP contribution in [0.4, 0.5) is 10.1 Å². The van der Waals surface area contributed by atoms with Crippen LogP contribution in [0.25, 0.3) is 0 Å². The van der Waals surface area contributed by atoms with Gasteiger partial charge in [0.15, 0.2) is 11.6 Å². The van der Waals surface area contributed by atoms with E-state index in [0.29, 0.717) is 17.1 Å². The predicted octanol–water partition coefficient (Wildman–Crippen LogP) is 4.21. The lowest BCUT2D eigenvalue weighted by Gasteiger charge is -2.12. The minimum atomic E-state index is -0.494. The van der Waals surface area contributed by atoms with Crippen molar-refractivity contribution in [3.05, 3.63) is 77.4 Å². The highest BCUT2D eigenvalue weighted by molar-refractivity contribution is 5.93. The average Bonchev–Trinajstić information content (AvgIpc) is 2.61. The zero-order valence-corrected chi connectivity index (χ0v) is 14.5. The fourth-order valence-corrected chi connectivity index (χ4v) is 2.50. The van der Waals surface area contributed by atoms with Gasteiger partial charge in [0, 0.05) is 0 Å². The van der Waals surface area contributed by atoms with Crippen molar-refractivity contribution in [2.75, 3.05) is 5.32 Å². The number of nitrogens with one attached hydrogen (secondary N) is 1. The van der Waals surface area contributed by atoms with Gasteiger partial charge in [0.05, 0.1) is 23.5 Å². The van der Waals surface area contributed by atoms with Crippen LogP contribution in [0.3, 0.4) is 0 Å². The van der Waals surface area contributed by atoms with Gasteiger partial charge in [-0.15, -0.1) is 0 Å². The third-order valence-electron chi connectivity index (χ3n) is 3.76. The van der Waals surface area contributed by atoms with Crippen LogP contribution in [0.1, 0.15) is 17.0 Å². The maximum absolute atomic E-state index is 13.7. The zero-order valence-electron chi connectivity index (χ0n) is 14.5. The van der Waals surface area contributed by atoms with Crippen molar-refractivity contribution < 1.29 is 13.9 Å². The monoisotopic (exact) mass is 351 g/mol. The first kappa shape index (κ1) is 17.5. The van der Waals surface area contributed by atoms with Gasteiger partial charge in [0.1, 0.15) is 0 Å². The molecule has 0 aliphatic carbocycles. The molecule has 0 unspecified atom stereocenters. The fraction of sp³-hybridized carbons (Fsp3) is 0.150. The summed E-state index contributed by atoms with van der Waals surface area (Å²) in [6.45, 7) is 3.47. The van der Waals surface area contributed by atoms with Gasteiger partial charge >= 0.3 is 6.01 Å². The molecule has 1 N–H and O–H groups in total. The van der Waals surface area contributed by atoms with Crippen LogP contribution in [0.15, 0.2) is 54.6 Å². The number of hydrogen-bond acceptors (Lipinski definition) is 4. The Kier molecular flexibility index (Phi) is 5.22. The summed E-state index contributed by atoms with van der Waals surface area (Å²) < 4.78 is 19.1. The van der Waals surface area contributed by atoms with Crippen LogP contribution in [-0.4, -0.2) is 15.9 Å². The van der Waals surface area contributed by atoms with Crippen molar-refractivity contribution in [2.24, 2.45) is 0 Å². The molecule has 0 fully saturated rings. The predicted molar refractivity (Wildman–Crippen MR) is 96.8 cm³/mol. The number of ether oxygens (including phenoxy) is 1. The number of anilines is 1. The highest BCUT2D eigenvalue weighted by Gasteiger charge is 2.14. The summed E-state index contributed by atoms with van der Waals surface area (Å²) in [7, 11) is 0. The number of para-hydroxylation sites is 1. The maximum Gasteiger partial charge on any atom is 0.322 e. The number of hydrogen-bond donors (Lipinski definition) is 1. The topological polar surface area (TPSA) is 64.1 Å². The van der Waals surface area contributed by atoms with E-state index < -0.39 is 5.82 Å². The number of rotatable bonds is 5. The molecule has 3 rings (SSSR count). The minimum absolute atomic E-state index is 0.0335. The summed E-state index contributed by atoms with van der Waals surface area (Å²) in [6.07, 6.45) is 0.257. The quantitative estimate of drug-likeness (QED) is 0.748. The summed E-state index contributed by atoms with van der Waals surface area (Å²) in [5.74, 6) is -0.604. The Bertz CT molecular complexity index is 906. The van der Waals surface area contributed by atoms with Gasteiger partial charge in [-0.2, -0.15) is 9.97 Å². The van der Waals surface area contributed by atoms with Crippen LogP contribution in [0, 0.1) is 19.7 Å². The van der Waals surface area contributed by atoms with Gasteiger partial charge < -0.3 is 10.1 Å². The molecule has 26 heavy (non-hydrogen) atoms. The van der Waals surface area contributed by atoms with E-state index in [0.717, 1.165) is 5.56 Å². The van der Waals surface area contributed by atoms with Crippen molar-refractivity contribution in [3.63, 3.8) is 0 Å². The minimum Gasteiger partial charge on any atom is -0.421 e. The number of carbonyl (C=O) groups excluding carboxylic acids is 1. The van der Waals surface area contributed by atoms with Crippen LogP contribution in [0.2, 0.25) is 0 Å². The second kappa shape index (κ2) is 7.74. The van der Waals surface area contributed by atoms with Crippen molar-refractivity contribution in [1.29, 1.82) is 0 Å². The first-order valence-corrected chi connectivity index (χ1v) is 8.14. The lowest BCUT2D eigenvalue weighted by Crippen LogP contribution is -2.17. The van der Waals surface area contributed by atoms with Crippen molar-refractivity contribution in [3.8, 4) is 11.8 Å². The molecule has 1 amide bonds. The maximum atomic E-state index is 13.7. The molecule has 0 saturated heterocycles. The summed E-state index contributed by atoms with van der Waals surface area (Å²) in [4.78, 5) is 20.7. The second-order valence-electron chi connectivity index (χ2n) is 5.80. The number of carbonyl (C=O) groups is 1. The van der Waals surface area contributed by atoms with E-state index in [1.165, 1.54) is 12.1 Å². The van der Waals surface area contributed by atoms with Gasteiger partial charge in [0.2, 0.25) is 5.91 Å². The van der Waals surface area contributed by atoms with Crippen LogP contribution in [0.5, 0.6) is 11.8 Å². The first-order valence-electron chi connectivity index (χ1n) is 8.14. The molecule has 6 heteroatoms. The Balaban J connectivity index is 1.75. The number of aromatic nitrogens is 2. The highest BCUT2D eigenvalue weighted by atomic mass is 19.1. The molecule has 0 spiro atoms. The van der Waals surface area contributed by atoms with E-state index in [4.69, 9.17) is 4.74 Å². The van der Waals surface area contributed by atoms with Crippen molar-refractivity contribution in [2.45, 2.75) is 20.3 Å². The number of aryl methyl sites for hydroxylation is 2. The average molecular weight is 351 g/mol. The SMILES string of the molecule is Cc1nc(Oc2ccccc2F)nc(C)c1NC(=O)Cc1ccccc1. The number of amides is 1. The molecule has 0 bridgehead atoms. The third kappa shape index (κ3) is 4.22. The van der Waals surface area contributed by atoms with E-state index >= 15 is 0 Å². The molecule has 132 valence electrons. The lowest BCUT2D eigenvalue weighted by molar-refractivity contribution is -0.115. The number of benzene rings is 2. The fourth-order valence-electron chi connectivity index (χ4n) is 2.50.